The Hall–Kier alpha value is -3.07. The molecule has 0 spiro atoms. The van der Waals surface area contributed by atoms with Crippen LogP contribution in [0.3, 0.4) is 0 Å². The predicted octanol–water partition coefficient (Wildman–Crippen LogP) is 2.98. The molecule has 0 aromatic heterocycles. The van der Waals surface area contributed by atoms with Crippen molar-refractivity contribution in [2.75, 3.05) is 18.5 Å². The van der Waals surface area contributed by atoms with E-state index >= 15 is 0 Å². The summed E-state index contributed by atoms with van der Waals surface area (Å²) >= 11 is 0. The third kappa shape index (κ3) is 6.21. The molecule has 1 unspecified atom stereocenters. The predicted molar refractivity (Wildman–Crippen MR) is 118 cm³/mol. The molecular weight excluding hydrogens is 420 g/mol. The molecule has 9 heteroatoms. The van der Waals surface area contributed by atoms with Crippen LogP contribution in [0.25, 0.3) is 0 Å². The molecule has 0 aliphatic heterocycles. The minimum atomic E-state index is -3.93. The highest BCUT2D eigenvalue weighted by Gasteiger charge is 2.25. The second-order valence-corrected chi connectivity index (χ2v) is 9.95. The number of amides is 1. The first-order valence-electron chi connectivity index (χ1n) is 9.61. The van der Waals surface area contributed by atoms with E-state index in [2.05, 4.69) is 5.32 Å². The van der Waals surface area contributed by atoms with Crippen molar-refractivity contribution in [3.05, 3.63) is 54.1 Å². The summed E-state index contributed by atoms with van der Waals surface area (Å²) in [6.07, 6.45) is -1.03. The van der Waals surface area contributed by atoms with Gasteiger partial charge in [-0.3, -0.25) is 9.10 Å². The van der Waals surface area contributed by atoms with Gasteiger partial charge in [0.25, 0.3) is 15.9 Å². The molecule has 8 nitrogen and oxygen atoms in total. The van der Waals surface area contributed by atoms with Gasteiger partial charge in [0.05, 0.1) is 23.3 Å². The standard InChI is InChI=1S/C22H28N2O6S/c1-15(20(25)23-22(2,3)4)30-21(26)16-8-7-9-19(14-16)31(27,28)24(5)17-10-12-18(29-6)13-11-17/h7-15H,1-6H3,(H,23,25). The van der Waals surface area contributed by atoms with Gasteiger partial charge in [-0.25, -0.2) is 13.2 Å². The molecule has 0 fully saturated rings. The molecule has 168 valence electrons. The number of methoxy groups -OCH3 is 1. The van der Waals surface area contributed by atoms with E-state index in [4.69, 9.17) is 9.47 Å². The number of carbonyl (C=O) groups is 2. The highest BCUT2D eigenvalue weighted by molar-refractivity contribution is 7.92. The first-order valence-corrected chi connectivity index (χ1v) is 11.1. The number of benzene rings is 2. The maximum Gasteiger partial charge on any atom is 0.338 e. The van der Waals surface area contributed by atoms with Crippen LogP contribution in [0.5, 0.6) is 5.75 Å². The molecule has 0 aliphatic carbocycles. The number of nitrogens with zero attached hydrogens (tertiary/aromatic N) is 1. The highest BCUT2D eigenvalue weighted by Crippen LogP contribution is 2.25. The Bertz CT molecular complexity index is 1040. The lowest BCUT2D eigenvalue weighted by Gasteiger charge is -2.23. The monoisotopic (exact) mass is 448 g/mol. The Morgan fingerprint density at radius 2 is 1.68 bits per heavy atom. The van der Waals surface area contributed by atoms with Crippen LogP contribution < -0.4 is 14.4 Å². The molecule has 0 aliphatic rings. The molecule has 2 aromatic carbocycles. The lowest BCUT2D eigenvalue weighted by atomic mass is 10.1. The van der Waals surface area contributed by atoms with Gasteiger partial charge in [-0.15, -0.1) is 0 Å². The fourth-order valence-electron chi connectivity index (χ4n) is 2.63. The second-order valence-electron chi connectivity index (χ2n) is 7.99. The zero-order valence-corrected chi connectivity index (χ0v) is 19.3. The maximum atomic E-state index is 13.0. The number of hydrogen-bond donors (Lipinski definition) is 1. The number of esters is 1. The molecule has 2 rings (SSSR count). The van der Waals surface area contributed by atoms with Gasteiger partial charge >= 0.3 is 5.97 Å². The molecule has 2 aromatic rings. The summed E-state index contributed by atoms with van der Waals surface area (Å²) in [5, 5.41) is 2.72. The second kappa shape index (κ2) is 9.38. The van der Waals surface area contributed by atoms with Gasteiger partial charge in [-0.1, -0.05) is 6.07 Å². The van der Waals surface area contributed by atoms with Crippen LogP contribution in [0.1, 0.15) is 38.1 Å². The minimum absolute atomic E-state index is 0.0274. The van der Waals surface area contributed by atoms with E-state index < -0.39 is 33.5 Å². The van der Waals surface area contributed by atoms with Crippen molar-refractivity contribution in [3.63, 3.8) is 0 Å². The van der Waals surface area contributed by atoms with E-state index in [0.717, 1.165) is 4.31 Å². The molecule has 0 saturated heterocycles. The van der Waals surface area contributed by atoms with Crippen LogP contribution in [0.2, 0.25) is 0 Å². The number of hydrogen-bond acceptors (Lipinski definition) is 6. The highest BCUT2D eigenvalue weighted by atomic mass is 32.2. The normalized spacial score (nSPS) is 12.6. The Kier molecular flexibility index (Phi) is 7.32. The zero-order valence-electron chi connectivity index (χ0n) is 18.5. The van der Waals surface area contributed by atoms with Crippen LogP contribution in [0.4, 0.5) is 5.69 Å². The van der Waals surface area contributed by atoms with Gasteiger partial charge in [0, 0.05) is 12.6 Å². The van der Waals surface area contributed by atoms with Crippen LogP contribution >= 0.6 is 0 Å². The van der Waals surface area contributed by atoms with Gasteiger partial charge < -0.3 is 14.8 Å². The number of anilines is 1. The fourth-order valence-corrected chi connectivity index (χ4v) is 3.87. The lowest BCUT2D eigenvalue weighted by molar-refractivity contribution is -0.130. The topological polar surface area (TPSA) is 102 Å². The van der Waals surface area contributed by atoms with E-state index in [0.29, 0.717) is 11.4 Å². The van der Waals surface area contributed by atoms with Crippen molar-refractivity contribution in [1.82, 2.24) is 5.32 Å². The third-order valence-corrected chi connectivity index (χ3v) is 6.10. The van der Waals surface area contributed by atoms with E-state index in [1.807, 2.05) is 20.8 Å². The molecule has 31 heavy (non-hydrogen) atoms. The van der Waals surface area contributed by atoms with Gasteiger partial charge in [0.2, 0.25) is 0 Å². The van der Waals surface area contributed by atoms with E-state index in [-0.39, 0.29) is 10.5 Å². The van der Waals surface area contributed by atoms with Crippen molar-refractivity contribution < 1.29 is 27.5 Å². The fraction of sp³-hybridized carbons (Fsp3) is 0.364. The molecular formula is C22H28N2O6S. The van der Waals surface area contributed by atoms with E-state index in [1.165, 1.54) is 45.3 Å². The summed E-state index contributed by atoms with van der Waals surface area (Å²) in [5.74, 6) is -0.631. The summed E-state index contributed by atoms with van der Waals surface area (Å²) in [4.78, 5) is 24.6. The first kappa shape index (κ1) is 24.2. The SMILES string of the molecule is COc1ccc(N(C)S(=O)(=O)c2cccc(C(=O)OC(C)C(=O)NC(C)(C)C)c2)cc1. The Labute approximate surface area is 183 Å². The van der Waals surface area contributed by atoms with Crippen LogP contribution in [-0.2, 0) is 19.6 Å². The third-order valence-electron chi connectivity index (χ3n) is 4.32. The Morgan fingerprint density at radius 1 is 1.06 bits per heavy atom. The largest absolute Gasteiger partial charge is 0.497 e. The maximum absolute atomic E-state index is 13.0. The molecule has 1 N–H and O–H groups in total. The Balaban J connectivity index is 2.21. The average molecular weight is 449 g/mol. The van der Waals surface area contributed by atoms with Crippen LogP contribution in [0, 0.1) is 0 Å². The van der Waals surface area contributed by atoms with Gasteiger partial charge in [-0.2, -0.15) is 0 Å². The minimum Gasteiger partial charge on any atom is -0.497 e. The van der Waals surface area contributed by atoms with Crippen molar-refractivity contribution in [3.8, 4) is 5.75 Å². The zero-order chi connectivity index (χ0) is 23.4. The van der Waals surface area contributed by atoms with Crippen molar-refractivity contribution in [2.24, 2.45) is 0 Å². The summed E-state index contributed by atoms with van der Waals surface area (Å²) in [6, 6.07) is 12.0. The van der Waals surface area contributed by atoms with Gasteiger partial charge in [0.1, 0.15) is 5.75 Å². The quantitative estimate of drug-likeness (QED) is 0.654. The van der Waals surface area contributed by atoms with Crippen molar-refractivity contribution in [2.45, 2.75) is 44.2 Å². The summed E-state index contributed by atoms with van der Waals surface area (Å²) in [5.41, 5.74) is -0.0153. The van der Waals surface area contributed by atoms with Crippen LogP contribution in [-0.4, -0.2) is 46.1 Å². The van der Waals surface area contributed by atoms with E-state index in [9.17, 15) is 18.0 Å². The smallest absolute Gasteiger partial charge is 0.338 e. The number of rotatable bonds is 7. The summed E-state index contributed by atoms with van der Waals surface area (Å²) in [7, 11) is -0.992. The van der Waals surface area contributed by atoms with Crippen molar-refractivity contribution >= 4 is 27.6 Å². The Morgan fingerprint density at radius 3 is 2.23 bits per heavy atom. The van der Waals surface area contributed by atoms with E-state index in [1.54, 1.807) is 24.3 Å². The first-order chi connectivity index (χ1) is 14.3. The van der Waals surface area contributed by atoms with Crippen LogP contribution in [0.15, 0.2) is 53.4 Å². The molecule has 0 radical (unpaired) electrons. The van der Waals surface area contributed by atoms with Gasteiger partial charge in [-0.05, 0) is 70.2 Å². The molecule has 0 heterocycles. The number of carbonyl (C=O) groups excluding carboxylic acids is 2. The lowest BCUT2D eigenvalue weighted by Crippen LogP contribution is -2.46. The summed E-state index contributed by atoms with van der Waals surface area (Å²) in [6.45, 7) is 6.89. The number of nitrogens with one attached hydrogen (secondary N) is 1. The average Bonchev–Trinajstić information content (AvgIpc) is 2.72. The molecule has 0 saturated carbocycles. The number of ether oxygens (including phenoxy) is 2. The number of sulfonamides is 1. The molecule has 1 atom stereocenters. The summed E-state index contributed by atoms with van der Waals surface area (Å²) < 4.78 is 37.5. The molecule has 0 bridgehead atoms. The van der Waals surface area contributed by atoms with Gasteiger partial charge in [0.15, 0.2) is 6.10 Å². The molecule has 1 amide bonds. The van der Waals surface area contributed by atoms with Crippen molar-refractivity contribution in [1.29, 1.82) is 0 Å².